The molecule has 0 spiro atoms. The summed E-state index contributed by atoms with van der Waals surface area (Å²) in [6, 6.07) is 12.4. The van der Waals surface area contributed by atoms with Crippen LogP contribution in [0.1, 0.15) is 27.5 Å². The van der Waals surface area contributed by atoms with Crippen LogP contribution in [0.4, 0.5) is 16.2 Å². The van der Waals surface area contributed by atoms with Crippen molar-refractivity contribution < 1.29 is 9.59 Å². The molecule has 9 nitrogen and oxygen atoms in total. The van der Waals surface area contributed by atoms with Gasteiger partial charge >= 0.3 is 6.03 Å². The zero-order valence-corrected chi connectivity index (χ0v) is 19.0. The van der Waals surface area contributed by atoms with E-state index in [0.29, 0.717) is 22.5 Å². The monoisotopic (exact) mass is 445 g/mol. The lowest BCUT2D eigenvalue weighted by atomic mass is 10.0. The van der Waals surface area contributed by atoms with Gasteiger partial charge in [-0.15, -0.1) is 0 Å². The Morgan fingerprint density at radius 1 is 1.06 bits per heavy atom. The predicted octanol–water partition coefficient (Wildman–Crippen LogP) is 2.91. The molecule has 2 aliphatic heterocycles. The first-order valence-electron chi connectivity index (χ1n) is 11.0. The van der Waals surface area contributed by atoms with Gasteiger partial charge in [-0.1, -0.05) is 24.3 Å². The molecular weight excluding hydrogens is 418 g/mol. The number of hydrogen-bond donors (Lipinski definition) is 1. The van der Waals surface area contributed by atoms with Gasteiger partial charge in [0.25, 0.3) is 0 Å². The molecule has 2 N–H and O–H groups in total. The molecule has 1 atom stereocenters. The maximum absolute atomic E-state index is 13.6. The second kappa shape index (κ2) is 8.09. The van der Waals surface area contributed by atoms with Crippen molar-refractivity contribution >= 4 is 28.9 Å². The number of piperazine rings is 1. The number of azo groups is 1. The van der Waals surface area contributed by atoms with Crippen molar-refractivity contribution in [2.24, 2.45) is 16.0 Å². The third kappa shape index (κ3) is 3.49. The lowest BCUT2D eigenvalue weighted by Crippen LogP contribution is -2.46. The number of hydrogen-bond acceptors (Lipinski definition) is 7. The normalized spacial score (nSPS) is 19.9. The van der Waals surface area contributed by atoms with Gasteiger partial charge in [0.05, 0.1) is 16.8 Å². The van der Waals surface area contributed by atoms with Crippen LogP contribution in [0.5, 0.6) is 0 Å². The number of carbonyl (C=O) groups is 2. The highest BCUT2D eigenvalue weighted by Crippen LogP contribution is 2.49. The first kappa shape index (κ1) is 21.3. The van der Waals surface area contributed by atoms with E-state index < -0.39 is 12.1 Å². The van der Waals surface area contributed by atoms with Gasteiger partial charge < -0.3 is 15.5 Å². The van der Waals surface area contributed by atoms with Crippen molar-refractivity contribution in [3.8, 4) is 0 Å². The molecule has 0 aromatic heterocycles. The summed E-state index contributed by atoms with van der Waals surface area (Å²) >= 11 is 0. The number of rotatable bonds is 4. The number of ketones is 1. The van der Waals surface area contributed by atoms with Crippen LogP contribution in [0.15, 0.2) is 58.3 Å². The third-order valence-electron chi connectivity index (χ3n) is 6.49. The zero-order chi connectivity index (χ0) is 23.3. The molecule has 1 fully saturated rings. The SMILES string of the molecule is CN1CCN(c2ccc(C3=C4C(=O)c5c(cccc5N(C(N)=O)N(C)C)C4N=N3)cc2)CC1. The Labute approximate surface area is 192 Å². The number of likely N-dealkylation sites (N-methyl/N-ethyl adjacent to an activating group) is 1. The van der Waals surface area contributed by atoms with Crippen LogP contribution in [-0.4, -0.2) is 69.0 Å². The predicted molar refractivity (Wildman–Crippen MR) is 127 cm³/mol. The molecule has 1 saturated heterocycles. The first-order valence-corrected chi connectivity index (χ1v) is 11.0. The molecule has 33 heavy (non-hydrogen) atoms. The number of primary amides is 1. The van der Waals surface area contributed by atoms with Crippen molar-refractivity contribution in [1.82, 2.24) is 9.91 Å². The summed E-state index contributed by atoms with van der Waals surface area (Å²) in [5, 5.41) is 11.7. The largest absolute Gasteiger partial charge is 0.369 e. The smallest absolute Gasteiger partial charge is 0.334 e. The lowest BCUT2D eigenvalue weighted by Gasteiger charge is -2.34. The fourth-order valence-corrected chi connectivity index (χ4v) is 4.79. The van der Waals surface area contributed by atoms with E-state index in [2.05, 4.69) is 39.2 Å². The van der Waals surface area contributed by atoms with Gasteiger partial charge in [0.2, 0.25) is 0 Å². The van der Waals surface area contributed by atoms with Crippen molar-refractivity contribution in [2.45, 2.75) is 6.04 Å². The molecule has 0 saturated carbocycles. The summed E-state index contributed by atoms with van der Waals surface area (Å²) in [5.41, 5.74) is 10.4. The Hall–Kier alpha value is -3.56. The van der Waals surface area contributed by atoms with Crippen LogP contribution in [0, 0.1) is 0 Å². The molecule has 2 heterocycles. The van der Waals surface area contributed by atoms with Crippen LogP contribution in [0.2, 0.25) is 0 Å². The molecular formula is C24H27N7O2. The van der Waals surface area contributed by atoms with Crippen LogP contribution in [-0.2, 0) is 0 Å². The summed E-state index contributed by atoms with van der Waals surface area (Å²) in [6.07, 6.45) is 0. The molecule has 2 aromatic carbocycles. The number of nitrogens with two attached hydrogens (primary N) is 1. The van der Waals surface area contributed by atoms with E-state index in [-0.39, 0.29) is 5.78 Å². The molecule has 2 amide bonds. The average molecular weight is 446 g/mol. The highest BCUT2D eigenvalue weighted by atomic mass is 16.2. The van der Waals surface area contributed by atoms with E-state index in [1.54, 1.807) is 25.2 Å². The highest BCUT2D eigenvalue weighted by molar-refractivity contribution is 6.22. The van der Waals surface area contributed by atoms with Crippen molar-refractivity contribution in [3.63, 3.8) is 0 Å². The Bertz CT molecular complexity index is 1180. The molecule has 1 aliphatic carbocycles. The molecule has 0 bridgehead atoms. The van der Waals surface area contributed by atoms with E-state index >= 15 is 0 Å². The number of fused-ring (bicyclic) bond motifs is 3. The standard InChI is InChI=1S/C24H27N7O2/c1-28(2)31(24(25)33)18-6-4-5-17-19(18)23(32)20-21(26-27-22(17)20)15-7-9-16(10-8-15)30-13-11-29(3)12-14-30/h4-10,22H,11-14H2,1-3H3,(H2,25,33). The quantitative estimate of drug-likeness (QED) is 0.730. The van der Waals surface area contributed by atoms with Gasteiger partial charge in [-0.3, -0.25) is 4.79 Å². The minimum Gasteiger partial charge on any atom is -0.369 e. The number of amides is 2. The van der Waals surface area contributed by atoms with Gasteiger partial charge in [-0.2, -0.15) is 10.2 Å². The van der Waals surface area contributed by atoms with E-state index in [1.807, 2.05) is 24.3 Å². The zero-order valence-electron chi connectivity index (χ0n) is 19.0. The summed E-state index contributed by atoms with van der Waals surface area (Å²) in [4.78, 5) is 30.4. The Balaban J connectivity index is 1.50. The molecule has 3 aliphatic rings. The number of carbonyl (C=O) groups excluding carboxylic acids is 2. The summed E-state index contributed by atoms with van der Waals surface area (Å²) in [7, 11) is 5.55. The van der Waals surface area contributed by atoms with E-state index in [1.165, 1.54) is 5.01 Å². The van der Waals surface area contributed by atoms with Gasteiger partial charge in [-0.05, 0) is 30.8 Å². The molecule has 2 aromatic rings. The van der Waals surface area contributed by atoms with Crippen LogP contribution in [0.3, 0.4) is 0 Å². The number of anilines is 2. The summed E-state index contributed by atoms with van der Waals surface area (Å²) in [5.74, 6) is -0.165. The number of urea groups is 1. The molecule has 1 unspecified atom stereocenters. The summed E-state index contributed by atoms with van der Waals surface area (Å²) < 4.78 is 0. The lowest BCUT2D eigenvalue weighted by molar-refractivity contribution is 0.103. The number of benzene rings is 2. The van der Waals surface area contributed by atoms with E-state index in [0.717, 1.165) is 43.0 Å². The third-order valence-corrected chi connectivity index (χ3v) is 6.49. The highest BCUT2D eigenvalue weighted by Gasteiger charge is 2.43. The Kier molecular flexibility index (Phi) is 5.22. The fourth-order valence-electron chi connectivity index (χ4n) is 4.79. The van der Waals surface area contributed by atoms with Gasteiger partial charge in [-0.25, -0.2) is 14.8 Å². The maximum Gasteiger partial charge on any atom is 0.334 e. The summed E-state index contributed by atoms with van der Waals surface area (Å²) in [6.45, 7) is 4.06. The molecule has 5 rings (SSSR count). The fraction of sp³-hybridized carbons (Fsp3) is 0.333. The number of hydrazine groups is 1. The van der Waals surface area contributed by atoms with Gasteiger partial charge in [0, 0.05) is 51.5 Å². The molecule has 170 valence electrons. The second-order valence-electron chi connectivity index (χ2n) is 8.79. The average Bonchev–Trinajstić information content (AvgIpc) is 3.34. The topological polar surface area (TPSA) is 97.8 Å². The van der Waals surface area contributed by atoms with Crippen LogP contribution in [0.25, 0.3) is 5.70 Å². The maximum atomic E-state index is 13.6. The minimum atomic E-state index is -0.659. The molecule has 9 heteroatoms. The van der Waals surface area contributed by atoms with Crippen molar-refractivity contribution in [1.29, 1.82) is 0 Å². The van der Waals surface area contributed by atoms with Crippen LogP contribution < -0.4 is 15.6 Å². The van der Waals surface area contributed by atoms with E-state index in [4.69, 9.17) is 5.73 Å². The number of Topliss-reactive ketones (excluding diaryl/α,β-unsaturated/α-hetero) is 1. The Morgan fingerprint density at radius 2 is 1.76 bits per heavy atom. The van der Waals surface area contributed by atoms with Gasteiger partial charge in [0.15, 0.2) is 5.78 Å². The second-order valence-corrected chi connectivity index (χ2v) is 8.79. The van der Waals surface area contributed by atoms with Gasteiger partial charge in [0.1, 0.15) is 11.7 Å². The van der Waals surface area contributed by atoms with Crippen LogP contribution >= 0.6 is 0 Å². The van der Waals surface area contributed by atoms with E-state index in [9.17, 15) is 9.59 Å². The van der Waals surface area contributed by atoms with Crippen molar-refractivity contribution in [3.05, 3.63) is 64.7 Å². The minimum absolute atomic E-state index is 0.165. The number of nitrogens with zero attached hydrogens (tertiary/aromatic N) is 6. The van der Waals surface area contributed by atoms with Crippen molar-refractivity contribution in [2.75, 3.05) is 57.2 Å². The molecule has 0 radical (unpaired) electrons. The first-order chi connectivity index (χ1) is 15.9. The Morgan fingerprint density at radius 3 is 2.39 bits per heavy atom.